The number of nitrogens with two attached hydrogens (primary N) is 1. The van der Waals surface area contributed by atoms with Gasteiger partial charge in [0.05, 0.1) is 6.20 Å². The third-order valence-corrected chi connectivity index (χ3v) is 3.42. The van der Waals surface area contributed by atoms with Crippen molar-refractivity contribution in [2.24, 2.45) is 0 Å². The summed E-state index contributed by atoms with van der Waals surface area (Å²) in [6.45, 7) is 2.21. The zero-order valence-electron chi connectivity index (χ0n) is 9.46. The molecule has 0 radical (unpaired) electrons. The molecule has 1 fully saturated rings. The Hall–Kier alpha value is -1.03. The minimum atomic E-state index is 0.0860. The van der Waals surface area contributed by atoms with Gasteiger partial charge in [-0.15, -0.1) is 0 Å². The molecule has 3 N–H and O–H groups in total. The van der Waals surface area contributed by atoms with Gasteiger partial charge in [0.15, 0.2) is 5.82 Å². The molecule has 0 atom stereocenters. The maximum Gasteiger partial charge on any atom is 0.222 e. The van der Waals surface area contributed by atoms with Crippen molar-refractivity contribution < 1.29 is 0 Å². The molecule has 0 spiro atoms. The van der Waals surface area contributed by atoms with Gasteiger partial charge in [0.1, 0.15) is 5.02 Å². The lowest BCUT2D eigenvalue weighted by molar-refractivity contribution is 0.348. The Bertz CT molecular complexity index is 374. The summed E-state index contributed by atoms with van der Waals surface area (Å²) in [6, 6.07) is 0. The molecule has 0 unspecified atom stereocenters. The largest absolute Gasteiger partial charge is 0.368 e. The zero-order valence-corrected chi connectivity index (χ0v) is 10.2. The Balaban J connectivity index is 2.15. The summed E-state index contributed by atoms with van der Waals surface area (Å²) in [5, 5.41) is 3.93. The quantitative estimate of drug-likeness (QED) is 0.835. The van der Waals surface area contributed by atoms with Gasteiger partial charge in [0.25, 0.3) is 0 Å². The molecule has 0 saturated heterocycles. The van der Waals surface area contributed by atoms with Gasteiger partial charge in [-0.05, 0) is 19.8 Å². The predicted molar refractivity (Wildman–Crippen MR) is 66.6 cm³/mol. The van der Waals surface area contributed by atoms with Crippen LogP contribution in [0.1, 0.15) is 39.0 Å². The minimum absolute atomic E-state index is 0.0860. The van der Waals surface area contributed by atoms with E-state index in [1.54, 1.807) is 6.20 Å². The van der Waals surface area contributed by atoms with Gasteiger partial charge in [-0.3, -0.25) is 0 Å². The standard InChI is InChI=1S/C11H17ClN4/c1-11(5-3-2-4-6-11)16-9-8(12)7-14-10(13)15-9/h7H,2-6H2,1H3,(H3,13,14,15,16). The highest BCUT2D eigenvalue weighted by molar-refractivity contribution is 6.32. The zero-order chi connectivity index (χ0) is 11.6. The fraction of sp³-hybridized carbons (Fsp3) is 0.636. The Morgan fingerprint density at radius 3 is 2.75 bits per heavy atom. The summed E-state index contributed by atoms with van der Waals surface area (Å²) in [6.07, 6.45) is 7.65. The van der Waals surface area contributed by atoms with E-state index in [1.807, 2.05) is 0 Å². The molecule has 1 aliphatic rings. The van der Waals surface area contributed by atoms with Crippen molar-refractivity contribution >= 4 is 23.4 Å². The summed E-state index contributed by atoms with van der Waals surface area (Å²) < 4.78 is 0. The number of hydrogen-bond acceptors (Lipinski definition) is 4. The first-order chi connectivity index (χ1) is 7.59. The average Bonchev–Trinajstić information content (AvgIpc) is 2.24. The average molecular weight is 241 g/mol. The maximum absolute atomic E-state index is 6.03. The van der Waals surface area contributed by atoms with Crippen LogP contribution in [0.3, 0.4) is 0 Å². The van der Waals surface area contributed by atoms with Gasteiger partial charge >= 0.3 is 0 Å². The fourth-order valence-corrected chi connectivity index (χ4v) is 2.35. The summed E-state index contributed by atoms with van der Waals surface area (Å²) in [5.74, 6) is 0.907. The maximum atomic E-state index is 6.03. The normalized spacial score (nSPS) is 19.4. The molecule has 0 aliphatic heterocycles. The Morgan fingerprint density at radius 1 is 1.38 bits per heavy atom. The number of nitrogen functional groups attached to an aromatic ring is 1. The van der Waals surface area contributed by atoms with E-state index in [9.17, 15) is 0 Å². The van der Waals surface area contributed by atoms with E-state index in [2.05, 4.69) is 22.2 Å². The molecular formula is C11H17ClN4. The van der Waals surface area contributed by atoms with E-state index < -0.39 is 0 Å². The summed E-state index contributed by atoms with van der Waals surface area (Å²) in [5.41, 5.74) is 5.64. The molecule has 2 rings (SSSR count). The Morgan fingerprint density at radius 2 is 2.06 bits per heavy atom. The van der Waals surface area contributed by atoms with Gasteiger partial charge in [0.2, 0.25) is 5.95 Å². The van der Waals surface area contributed by atoms with Crippen LogP contribution in [0.25, 0.3) is 0 Å². The summed E-state index contributed by atoms with van der Waals surface area (Å²) >= 11 is 6.03. The van der Waals surface area contributed by atoms with E-state index in [1.165, 1.54) is 19.3 Å². The van der Waals surface area contributed by atoms with Gasteiger partial charge in [-0.1, -0.05) is 30.9 Å². The van der Waals surface area contributed by atoms with Crippen LogP contribution in [0, 0.1) is 0 Å². The van der Waals surface area contributed by atoms with Gasteiger partial charge < -0.3 is 11.1 Å². The van der Waals surface area contributed by atoms with Crippen LogP contribution in [0.2, 0.25) is 5.02 Å². The first-order valence-corrected chi connectivity index (χ1v) is 6.03. The fourth-order valence-electron chi connectivity index (χ4n) is 2.21. The lowest BCUT2D eigenvalue weighted by Gasteiger charge is -2.35. The highest BCUT2D eigenvalue weighted by Gasteiger charge is 2.27. The second-order valence-electron chi connectivity index (χ2n) is 4.67. The molecule has 1 heterocycles. The highest BCUT2D eigenvalue weighted by Crippen LogP contribution is 2.32. The SMILES string of the molecule is CC1(Nc2nc(N)ncc2Cl)CCCCC1. The molecule has 4 nitrogen and oxygen atoms in total. The van der Waals surface area contributed by atoms with Crippen molar-refractivity contribution in [3.63, 3.8) is 0 Å². The van der Waals surface area contributed by atoms with Crippen LogP contribution in [0.15, 0.2) is 6.20 Å². The van der Waals surface area contributed by atoms with Crippen LogP contribution in [-0.4, -0.2) is 15.5 Å². The topological polar surface area (TPSA) is 63.8 Å². The number of aromatic nitrogens is 2. The number of halogens is 1. The number of hydrogen-bond donors (Lipinski definition) is 2. The second-order valence-corrected chi connectivity index (χ2v) is 5.08. The predicted octanol–water partition coefficient (Wildman–Crippen LogP) is 2.85. The van der Waals surface area contributed by atoms with Crippen LogP contribution in [0.5, 0.6) is 0 Å². The molecule has 1 aliphatic carbocycles. The number of rotatable bonds is 2. The molecule has 0 amide bonds. The monoisotopic (exact) mass is 240 g/mol. The molecule has 1 aromatic rings. The van der Waals surface area contributed by atoms with Crippen LogP contribution < -0.4 is 11.1 Å². The second kappa shape index (κ2) is 4.45. The number of nitrogens with zero attached hydrogens (tertiary/aromatic N) is 2. The lowest BCUT2D eigenvalue weighted by atomic mass is 9.83. The van der Waals surface area contributed by atoms with Crippen LogP contribution in [-0.2, 0) is 0 Å². The van der Waals surface area contributed by atoms with E-state index in [0.717, 1.165) is 12.8 Å². The Labute approximate surface area is 101 Å². The van der Waals surface area contributed by atoms with E-state index >= 15 is 0 Å². The third kappa shape index (κ3) is 2.55. The van der Waals surface area contributed by atoms with Crippen molar-refractivity contribution in [3.05, 3.63) is 11.2 Å². The summed E-state index contributed by atoms with van der Waals surface area (Å²) in [4.78, 5) is 7.99. The number of nitrogens with one attached hydrogen (secondary N) is 1. The lowest BCUT2D eigenvalue weighted by Crippen LogP contribution is -2.37. The van der Waals surface area contributed by atoms with Crippen LogP contribution >= 0.6 is 11.6 Å². The van der Waals surface area contributed by atoms with E-state index in [0.29, 0.717) is 10.8 Å². The Kier molecular flexibility index (Phi) is 3.19. The number of anilines is 2. The molecular weight excluding hydrogens is 224 g/mol. The molecule has 1 saturated carbocycles. The van der Waals surface area contributed by atoms with Crippen LogP contribution in [0.4, 0.5) is 11.8 Å². The summed E-state index contributed by atoms with van der Waals surface area (Å²) in [7, 11) is 0. The first kappa shape index (κ1) is 11.5. The molecule has 88 valence electrons. The molecule has 1 aromatic heterocycles. The van der Waals surface area contributed by atoms with Gasteiger partial charge in [-0.25, -0.2) is 4.98 Å². The van der Waals surface area contributed by atoms with Crippen molar-refractivity contribution in [2.75, 3.05) is 11.1 Å². The van der Waals surface area contributed by atoms with Gasteiger partial charge in [0, 0.05) is 5.54 Å². The molecule has 16 heavy (non-hydrogen) atoms. The van der Waals surface area contributed by atoms with E-state index in [-0.39, 0.29) is 11.5 Å². The minimum Gasteiger partial charge on any atom is -0.368 e. The van der Waals surface area contributed by atoms with Crippen molar-refractivity contribution in [1.82, 2.24) is 9.97 Å². The van der Waals surface area contributed by atoms with E-state index in [4.69, 9.17) is 17.3 Å². The molecule has 0 bridgehead atoms. The van der Waals surface area contributed by atoms with Crippen molar-refractivity contribution in [1.29, 1.82) is 0 Å². The van der Waals surface area contributed by atoms with Crippen molar-refractivity contribution in [2.45, 2.75) is 44.6 Å². The first-order valence-electron chi connectivity index (χ1n) is 5.65. The smallest absolute Gasteiger partial charge is 0.222 e. The highest BCUT2D eigenvalue weighted by atomic mass is 35.5. The third-order valence-electron chi connectivity index (χ3n) is 3.14. The van der Waals surface area contributed by atoms with Gasteiger partial charge in [-0.2, -0.15) is 4.98 Å². The molecule has 5 heteroatoms. The molecule has 0 aromatic carbocycles. The van der Waals surface area contributed by atoms with Crippen molar-refractivity contribution in [3.8, 4) is 0 Å².